The number of guanidine groups is 1. The molecule has 0 bridgehead atoms. The van der Waals surface area contributed by atoms with Gasteiger partial charge in [0.05, 0.1) is 12.5 Å². The predicted molar refractivity (Wildman–Crippen MR) is 127 cm³/mol. The zero-order chi connectivity index (χ0) is 27.1. The number of nitrogens with zero attached hydrogens (tertiary/aromatic N) is 1. The first-order chi connectivity index (χ1) is 16.3. The topological polar surface area (TPSA) is 301 Å². The highest BCUT2D eigenvalue weighted by Gasteiger charge is 2.30. The first kappa shape index (κ1) is 31.4. The van der Waals surface area contributed by atoms with E-state index in [1.54, 1.807) is 0 Å². The number of carboxylic acids is 1. The molecule has 4 atom stereocenters. The molecular formula is C18H33N9O7S. The van der Waals surface area contributed by atoms with Crippen LogP contribution in [0, 0.1) is 0 Å². The third-order valence-electron chi connectivity index (χ3n) is 4.45. The van der Waals surface area contributed by atoms with Crippen molar-refractivity contribution in [2.75, 3.05) is 12.3 Å². The number of nitrogens with two attached hydrogens (primary N) is 5. The standard InChI is InChI=1S/C18H33N9O7S/c19-8(2-1-5-24-18(22)23)14(30)25-9(3-4-12(20)28)15(31)27-11(7-35)16(32)26-10(17(33)34)6-13(21)29/h8-11,35H,1-7,19H2,(H2,20,28)(H2,21,29)(H,25,30)(H,26,32)(H,27,31)(H,33,34)(H4,22,23,24). The monoisotopic (exact) mass is 519 g/mol. The van der Waals surface area contributed by atoms with Crippen molar-refractivity contribution in [3.8, 4) is 0 Å². The molecule has 0 saturated carbocycles. The van der Waals surface area contributed by atoms with Crippen molar-refractivity contribution in [3.63, 3.8) is 0 Å². The van der Waals surface area contributed by atoms with Crippen molar-refractivity contribution in [1.29, 1.82) is 0 Å². The number of nitrogens with one attached hydrogen (secondary N) is 3. The molecule has 4 unspecified atom stereocenters. The van der Waals surface area contributed by atoms with Gasteiger partial charge in [0.25, 0.3) is 0 Å². The van der Waals surface area contributed by atoms with Crippen molar-refractivity contribution in [2.24, 2.45) is 33.7 Å². The first-order valence-electron chi connectivity index (χ1n) is 10.4. The van der Waals surface area contributed by atoms with Crippen molar-refractivity contribution >= 4 is 54.1 Å². The molecular weight excluding hydrogens is 486 g/mol. The highest BCUT2D eigenvalue weighted by Crippen LogP contribution is 2.03. The zero-order valence-electron chi connectivity index (χ0n) is 18.9. The van der Waals surface area contributed by atoms with Crippen LogP contribution in [0.4, 0.5) is 0 Å². The summed E-state index contributed by atoms with van der Waals surface area (Å²) in [6, 6.07) is -5.29. The summed E-state index contributed by atoms with van der Waals surface area (Å²) in [7, 11) is 0. The number of rotatable bonds is 17. The van der Waals surface area contributed by atoms with Crippen molar-refractivity contribution in [2.45, 2.75) is 56.3 Å². The van der Waals surface area contributed by atoms with Gasteiger partial charge < -0.3 is 49.7 Å². The van der Waals surface area contributed by atoms with Crippen LogP contribution in [-0.4, -0.2) is 83.0 Å². The van der Waals surface area contributed by atoms with E-state index in [4.69, 9.17) is 33.8 Å². The number of aliphatic carboxylic acids is 1. The van der Waals surface area contributed by atoms with Crippen LogP contribution in [0.2, 0.25) is 0 Å². The summed E-state index contributed by atoms with van der Waals surface area (Å²) in [5.74, 6) is -6.13. The second-order valence-corrected chi connectivity index (χ2v) is 7.80. The van der Waals surface area contributed by atoms with E-state index in [0.29, 0.717) is 6.42 Å². The largest absolute Gasteiger partial charge is 0.480 e. The predicted octanol–water partition coefficient (Wildman–Crippen LogP) is -5.02. The van der Waals surface area contributed by atoms with Gasteiger partial charge >= 0.3 is 5.97 Å². The molecule has 0 heterocycles. The molecule has 0 rings (SSSR count). The average molecular weight is 520 g/mol. The lowest BCUT2D eigenvalue weighted by atomic mass is 10.1. The van der Waals surface area contributed by atoms with Crippen LogP contribution >= 0.6 is 12.6 Å². The average Bonchev–Trinajstić information content (AvgIpc) is 2.75. The molecule has 0 radical (unpaired) electrons. The Balaban J connectivity index is 5.25. The maximum absolute atomic E-state index is 12.8. The minimum Gasteiger partial charge on any atom is -0.480 e. The van der Waals surface area contributed by atoms with Gasteiger partial charge in [-0.25, -0.2) is 4.79 Å². The van der Waals surface area contributed by atoms with Gasteiger partial charge in [0.15, 0.2) is 5.96 Å². The molecule has 0 aromatic carbocycles. The number of primary amides is 2. The lowest BCUT2D eigenvalue weighted by Gasteiger charge is -2.24. The van der Waals surface area contributed by atoms with Gasteiger partial charge in [-0.15, -0.1) is 0 Å². The van der Waals surface area contributed by atoms with Gasteiger partial charge in [-0.2, -0.15) is 12.6 Å². The van der Waals surface area contributed by atoms with E-state index in [-0.39, 0.29) is 37.5 Å². The molecule has 0 fully saturated rings. The van der Waals surface area contributed by atoms with E-state index in [9.17, 15) is 28.8 Å². The fraction of sp³-hybridized carbons (Fsp3) is 0.611. The highest BCUT2D eigenvalue weighted by atomic mass is 32.1. The lowest BCUT2D eigenvalue weighted by Crippen LogP contribution is -2.58. The summed E-state index contributed by atoms with van der Waals surface area (Å²) in [6.07, 6.45) is -0.580. The quantitative estimate of drug-likeness (QED) is 0.0377. The molecule has 17 heteroatoms. The third-order valence-corrected chi connectivity index (χ3v) is 4.82. The third kappa shape index (κ3) is 13.6. The van der Waals surface area contributed by atoms with E-state index in [2.05, 4.69) is 33.6 Å². The molecule has 35 heavy (non-hydrogen) atoms. The fourth-order valence-electron chi connectivity index (χ4n) is 2.62. The normalized spacial score (nSPS) is 13.9. The van der Waals surface area contributed by atoms with Crippen LogP contribution in [0.15, 0.2) is 4.99 Å². The van der Waals surface area contributed by atoms with Gasteiger partial charge in [0.2, 0.25) is 29.5 Å². The van der Waals surface area contributed by atoms with Crippen LogP contribution < -0.4 is 44.6 Å². The maximum atomic E-state index is 12.8. The van der Waals surface area contributed by atoms with Crippen LogP contribution in [0.1, 0.15) is 32.1 Å². The summed E-state index contributed by atoms with van der Waals surface area (Å²) in [5, 5.41) is 15.9. The summed E-state index contributed by atoms with van der Waals surface area (Å²) in [6.45, 7) is 0.237. The number of amides is 5. The highest BCUT2D eigenvalue weighted by molar-refractivity contribution is 7.80. The van der Waals surface area contributed by atoms with Gasteiger partial charge in [-0.05, 0) is 19.3 Å². The van der Waals surface area contributed by atoms with Crippen molar-refractivity contribution < 1.29 is 33.9 Å². The second-order valence-electron chi connectivity index (χ2n) is 7.44. The number of hydrogen-bond acceptors (Lipinski definition) is 9. The van der Waals surface area contributed by atoms with E-state index >= 15 is 0 Å². The molecule has 198 valence electrons. The molecule has 0 aromatic heterocycles. The molecule has 0 saturated heterocycles. The molecule has 0 aliphatic carbocycles. The Labute approximate surface area is 206 Å². The number of carboxylic acid groups (broad SMARTS) is 1. The molecule has 0 aromatic rings. The van der Waals surface area contributed by atoms with Crippen LogP contribution in [0.3, 0.4) is 0 Å². The van der Waals surface area contributed by atoms with Crippen LogP contribution in [0.5, 0.6) is 0 Å². The fourth-order valence-corrected chi connectivity index (χ4v) is 2.88. The van der Waals surface area contributed by atoms with Gasteiger partial charge in [-0.1, -0.05) is 0 Å². The molecule has 14 N–H and O–H groups in total. The van der Waals surface area contributed by atoms with Gasteiger partial charge in [-0.3, -0.25) is 29.0 Å². The van der Waals surface area contributed by atoms with Gasteiger partial charge in [0, 0.05) is 18.7 Å². The number of carbonyl (C=O) groups excluding carboxylic acids is 5. The summed E-state index contributed by atoms with van der Waals surface area (Å²) >= 11 is 3.97. The van der Waals surface area contributed by atoms with E-state index in [1.165, 1.54) is 0 Å². The summed E-state index contributed by atoms with van der Waals surface area (Å²) in [4.78, 5) is 74.8. The zero-order valence-corrected chi connectivity index (χ0v) is 19.8. The second kappa shape index (κ2) is 16.1. The van der Waals surface area contributed by atoms with E-state index < -0.39 is 66.1 Å². The van der Waals surface area contributed by atoms with Crippen molar-refractivity contribution in [3.05, 3.63) is 0 Å². The summed E-state index contributed by atoms with van der Waals surface area (Å²) < 4.78 is 0. The molecule has 0 aliphatic heterocycles. The van der Waals surface area contributed by atoms with Gasteiger partial charge in [0.1, 0.15) is 18.1 Å². The van der Waals surface area contributed by atoms with Crippen LogP contribution in [-0.2, 0) is 28.8 Å². The number of hydrogen-bond donors (Lipinski definition) is 10. The first-order valence-corrected chi connectivity index (χ1v) is 11.0. The smallest absolute Gasteiger partial charge is 0.326 e. The molecule has 0 spiro atoms. The number of carbonyl (C=O) groups is 6. The SMILES string of the molecule is NC(=O)CCC(NC(=O)C(N)CCCN=C(N)N)C(=O)NC(CS)C(=O)NC(CC(N)=O)C(=O)O. The summed E-state index contributed by atoms with van der Waals surface area (Å²) in [5.41, 5.74) is 26.3. The Kier molecular flexibility index (Phi) is 14.4. The Morgan fingerprint density at radius 2 is 1.34 bits per heavy atom. The van der Waals surface area contributed by atoms with E-state index in [0.717, 1.165) is 0 Å². The van der Waals surface area contributed by atoms with Crippen molar-refractivity contribution in [1.82, 2.24) is 16.0 Å². The minimum atomic E-state index is -1.62. The molecule has 0 aliphatic rings. The number of thiol groups is 1. The minimum absolute atomic E-state index is 0.113. The lowest BCUT2D eigenvalue weighted by molar-refractivity contribution is -0.143. The Bertz CT molecular complexity index is 820. The van der Waals surface area contributed by atoms with E-state index in [1.807, 2.05) is 0 Å². The van der Waals surface area contributed by atoms with Crippen LogP contribution in [0.25, 0.3) is 0 Å². The Morgan fingerprint density at radius 1 is 0.800 bits per heavy atom. The maximum Gasteiger partial charge on any atom is 0.326 e. The number of aliphatic imine (C=N–C) groups is 1. The Morgan fingerprint density at radius 3 is 1.83 bits per heavy atom. The molecule has 16 nitrogen and oxygen atoms in total. The molecule has 5 amide bonds. The Hall–Kier alpha value is -3.60.